The topological polar surface area (TPSA) is 46.2 Å². The Morgan fingerprint density at radius 2 is 1.48 bits per heavy atom. The average molecular weight is 305 g/mol. The molecule has 116 valence electrons. The first-order chi connectivity index (χ1) is 10.9. The van der Waals surface area contributed by atoms with Gasteiger partial charge < -0.3 is 5.32 Å². The minimum absolute atomic E-state index is 0.395. The summed E-state index contributed by atoms with van der Waals surface area (Å²) >= 11 is 0. The van der Waals surface area contributed by atoms with Gasteiger partial charge in [-0.05, 0) is 67.6 Å². The molecule has 0 atom stereocenters. The zero-order valence-electron chi connectivity index (χ0n) is 13.8. The zero-order chi connectivity index (χ0) is 16.7. The molecule has 0 spiro atoms. The van der Waals surface area contributed by atoms with E-state index in [2.05, 4.69) is 11.4 Å². The summed E-state index contributed by atoms with van der Waals surface area (Å²) < 4.78 is 0. The minimum atomic E-state index is -0.445. The minimum Gasteiger partial charge on any atom is -0.352 e. The molecule has 0 aliphatic carbocycles. The summed E-state index contributed by atoms with van der Waals surface area (Å²) in [5.74, 6) is 0. The quantitative estimate of drug-likeness (QED) is 0.746. The van der Waals surface area contributed by atoms with Crippen molar-refractivity contribution < 1.29 is 0 Å². The van der Waals surface area contributed by atoms with Gasteiger partial charge in [-0.2, -0.15) is 0 Å². The van der Waals surface area contributed by atoms with Crippen LogP contribution in [0.25, 0.3) is 11.1 Å². The number of rotatable bonds is 3. The van der Waals surface area contributed by atoms with Crippen LogP contribution in [0, 0.1) is 27.7 Å². The van der Waals surface area contributed by atoms with Crippen molar-refractivity contribution in [2.75, 3.05) is 5.32 Å². The van der Waals surface area contributed by atoms with Gasteiger partial charge in [-0.15, -0.1) is 0 Å². The summed E-state index contributed by atoms with van der Waals surface area (Å²) in [5.41, 5.74) is 6.09. The van der Waals surface area contributed by atoms with Gasteiger partial charge in [0.05, 0.1) is 5.56 Å². The molecular weight excluding hydrogens is 286 g/mol. The Morgan fingerprint density at radius 1 is 0.783 bits per heavy atom. The molecule has 0 bridgehead atoms. The summed E-state index contributed by atoms with van der Waals surface area (Å²) in [5, 5.41) is 3.12. The number of hydrogen-bond donors (Lipinski definition) is 1. The maximum Gasteiger partial charge on any atom is 0.250 e. The van der Waals surface area contributed by atoms with Gasteiger partial charge in [0.15, 0.2) is 0 Å². The number of benzene rings is 2. The second kappa shape index (κ2) is 5.51. The Hall–Kier alpha value is -2.68. The van der Waals surface area contributed by atoms with Crippen molar-refractivity contribution in [2.45, 2.75) is 27.7 Å². The molecule has 0 saturated carbocycles. The van der Waals surface area contributed by atoms with Crippen molar-refractivity contribution in [1.82, 2.24) is 0 Å². The Labute approximate surface area is 135 Å². The van der Waals surface area contributed by atoms with Gasteiger partial charge >= 0.3 is 0 Å². The molecule has 0 radical (unpaired) electrons. The molecule has 3 nitrogen and oxygen atoms in total. The van der Waals surface area contributed by atoms with Gasteiger partial charge in [0.2, 0.25) is 5.43 Å². The standard InChI is InChI=1S/C20H19NO2/c1-11-6-5-7-15(8-11)21-18-17(19(22)20(18)23)16-10-13(3)12(2)9-14(16)4/h5-10,21H,1-4H3. The van der Waals surface area contributed by atoms with Gasteiger partial charge in [-0.3, -0.25) is 9.59 Å². The predicted molar refractivity (Wildman–Crippen MR) is 95.5 cm³/mol. The normalized spacial score (nSPS) is 11.0. The number of anilines is 2. The fourth-order valence-corrected chi connectivity index (χ4v) is 2.86. The number of hydrogen-bond acceptors (Lipinski definition) is 3. The maximum absolute atomic E-state index is 12.1. The lowest BCUT2D eigenvalue weighted by Crippen LogP contribution is -2.35. The van der Waals surface area contributed by atoms with Crippen LogP contribution in [0.2, 0.25) is 0 Å². The van der Waals surface area contributed by atoms with Crippen molar-refractivity contribution >= 4 is 11.4 Å². The third-order valence-corrected chi connectivity index (χ3v) is 4.31. The highest BCUT2D eigenvalue weighted by Gasteiger charge is 2.24. The van der Waals surface area contributed by atoms with Crippen LogP contribution in [0.15, 0.2) is 46.0 Å². The third-order valence-electron chi connectivity index (χ3n) is 4.31. The van der Waals surface area contributed by atoms with Gasteiger partial charge in [-0.1, -0.05) is 24.3 Å². The first-order valence-corrected chi connectivity index (χ1v) is 7.63. The summed E-state index contributed by atoms with van der Waals surface area (Å²) in [4.78, 5) is 24.2. The first-order valence-electron chi connectivity index (χ1n) is 7.63. The molecule has 0 amide bonds. The Kier molecular flexibility index (Phi) is 3.64. The summed E-state index contributed by atoms with van der Waals surface area (Å²) in [7, 11) is 0. The Morgan fingerprint density at radius 3 is 2.17 bits per heavy atom. The van der Waals surface area contributed by atoms with E-state index in [1.165, 1.54) is 5.56 Å². The molecule has 3 heteroatoms. The largest absolute Gasteiger partial charge is 0.352 e. The van der Waals surface area contributed by atoms with E-state index in [1.807, 2.05) is 58.0 Å². The molecule has 0 aliphatic rings. The molecule has 0 saturated heterocycles. The van der Waals surface area contributed by atoms with Gasteiger partial charge in [0, 0.05) is 5.69 Å². The maximum atomic E-state index is 12.1. The third kappa shape index (κ3) is 2.59. The van der Waals surface area contributed by atoms with Crippen LogP contribution in [0.3, 0.4) is 0 Å². The molecule has 3 aromatic carbocycles. The van der Waals surface area contributed by atoms with E-state index in [0.717, 1.165) is 27.9 Å². The van der Waals surface area contributed by atoms with Crippen molar-refractivity contribution in [3.63, 3.8) is 0 Å². The average Bonchev–Trinajstić information content (AvgIpc) is 2.51. The fourth-order valence-electron chi connectivity index (χ4n) is 2.86. The van der Waals surface area contributed by atoms with Crippen LogP contribution in [0.1, 0.15) is 22.3 Å². The molecule has 23 heavy (non-hydrogen) atoms. The second-order valence-corrected chi connectivity index (χ2v) is 6.15. The Bertz CT molecular complexity index is 976. The lowest BCUT2D eigenvalue weighted by Gasteiger charge is -2.16. The van der Waals surface area contributed by atoms with E-state index >= 15 is 0 Å². The van der Waals surface area contributed by atoms with E-state index in [1.54, 1.807) is 0 Å². The highest BCUT2D eigenvalue weighted by atomic mass is 16.2. The second-order valence-electron chi connectivity index (χ2n) is 6.15. The number of nitrogens with one attached hydrogen (secondary N) is 1. The van der Waals surface area contributed by atoms with Crippen LogP contribution in [-0.2, 0) is 0 Å². The van der Waals surface area contributed by atoms with Gasteiger partial charge in [-0.25, -0.2) is 0 Å². The van der Waals surface area contributed by atoms with E-state index in [9.17, 15) is 9.59 Å². The van der Waals surface area contributed by atoms with Crippen LogP contribution >= 0.6 is 0 Å². The predicted octanol–water partition coefficient (Wildman–Crippen LogP) is 3.93. The van der Waals surface area contributed by atoms with Crippen molar-refractivity contribution in [2.24, 2.45) is 0 Å². The Balaban J connectivity index is 2.09. The summed E-state index contributed by atoms with van der Waals surface area (Å²) in [6.07, 6.45) is 0. The fraction of sp³-hybridized carbons (Fsp3) is 0.200. The lowest BCUT2D eigenvalue weighted by atomic mass is 9.91. The highest BCUT2D eigenvalue weighted by Crippen LogP contribution is 2.30. The van der Waals surface area contributed by atoms with E-state index in [0.29, 0.717) is 11.3 Å². The lowest BCUT2D eigenvalue weighted by molar-refractivity contribution is 1.28. The molecule has 0 aromatic heterocycles. The zero-order valence-corrected chi connectivity index (χ0v) is 13.8. The van der Waals surface area contributed by atoms with E-state index in [4.69, 9.17) is 0 Å². The van der Waals surface area contributed by atoms with E-state index < -0.39 is 10.9 Å². The highest BCUT2D eigenvalue weighted by molar-refractivity contribution is 5.86. The van der Waals surface area contributed by atoms with E-state index in [-0.39, 0.29) is 0 Å². The molecule has 3 aromatic rings. The molecule has 1 N–H and O–H groups in total. The monoisotopic (exact) mass is 305 g/mol. The van der Waals surface area contributed by atoms with Gasteiger partial charge in [0.25, 0.3) is 5.43 Å². The van der Waals surface area contributed by atoms with Crippen LogP contribution in [0.5, 0.6) is 0 Å². The van der Waals surface area contributed by atoms with Crippen LogP contribution in [0.4, 0.5) is 11.4 Å². The summed E-state index contributed by atoms with van der Waals surface area (Å²) in [6, 6.07) is 11.8. The van der Waals surface area contributed by atoms with Crippen molar-refractivity contribution in [1.29, 1.82) is 0 Å². The summed E-state index contributed by atoms with van der Waals surface area (Å²) in [6.45, 7) is 8.01. The SMILES string of the molecule is Cc1cccc(Nc2c(-c3cc(C)c(C)cc3C)c(=O)c2=O)c1. The molecule has 3 rings (SSSR count). The van der Waals surface area contributed by atoms with Crippen LogP contribution in [-0.4, -0.2) is 0 Å². The van der Waals surface area contributed by atoms with Crippen molar-refractivity contribution in [3.05, 3.63) is 79.1 Å². The molecule has 0 unspecified atom stereocenters. The first kappa shape index (κ1) is 15.2. The molecule has 0 aliphatic heterocycles. The molecular formula is C20H19NO2. The molecule has 0 fully saturated rings. The molecule has 0 heterocycles. The number of aryl methyl sites for hydroxylation is 4. The smallest absolute Gasteiger partial charge is 0.250 e. The van der Waals surface area contributed by atoms with Crippen LogP contribution < -0.4 is 16.2 Å². The van der Waals surface area contributed by atoms with Crippen molar-refractivity contribution in [3.8, 4) is 11.1 Å². The van der Waals surface area contributed by atoms with Gasteiger partial charge in [0.1, 0.15) is 5.69 Å².